The van der Waals surface area contributed by atoms with Crippen LogP contribution < -0.4 is 15.9 Å². The van der Waals surface area contributed by atoms with Crippen molar-refractivity contribution in [3.8, 4) is 0 Å². The predicted molar refractivity (Wildman–Crippen MR) is 135 cm³/mol. The molecule has 36 heavy (non-hydrogen) atoms. The number of nitrogens with one attached hydrogen (secondary N) is 2. The molecule has 2 aromatic rings. The van der Waals surface area contributed by atoms with Crippen LogP contribution >= 0.6 is 7.44 Å². The average Bonchev–Trinajstić information content (AvgIpc) is 3.15. The average molecular weight is 528 g/mol. The normalized spacial score (nSPS) is 15.7. The number of esters is 1. The van der Waals surface area contributed by atoms with E-state index in [0.29, 0.717) is 17.7 Å². The number of aromatic nitrogens is 4. The minimum atomic E-state index is -3.66. The van der Waals surface area contributed by atoms with Gasteiger partial charge in [0.05, 0.1) is 31.5 Å². The SMILES string of the molecule is CC(C)OC(=O)C(C)(C)NP(=O)(CO[C@@H](C)Cn1cnc2c(N)ncnc21)N[C@@H](CC(=O)O)C(C)C. The van der Waals surface area contributed by atoms with Crippen molar-refractivity contribution < 1.29 is 28.7 Å². The van der Waals surface area contributed by atoms with Crippen LogP contribution in [0.25, 0.3) is 11.2 Å². The summed E-state index contributed by atoms with van der Waals surface area (Å²) in [5, 5.41) is 15.2. The van der Waals surface area contributed by atoms with Gasteiger partial charge in [0.1, 0.15) is 23.7 Å². The number of carboxylic acid groups (broad SMARTS) is 1. The van der Waals surface area contributed by atoms with Crippen LogP contribution in [0.1, 0.15) is 54.9 Å². The Hall–Kier alpha value is -2.60. The Morgan fingerprint density at radius 1 is 1.19 bits per heavy atom. The standard InChI is InChI=1S/C22H38N7O6P/c1-13(2)16(8-17(30)31)27-36(33,28-22(6,7)21(32)35-14(3)4)12-34-15(5)9-29-11-26-18-19(23)24-10-25-20(18)29/h10-11,13-16H,8-9,12H2,1-7H3,(H,30,31)(H2,23,24,25)(H2,27,28,33)/t15-,16-,36?/m0/s1. The number of anilines is 1. The Labute approximate surface area is 211 Å². The van der Waals surface area contributed by atoms with Gasteiger partial charge in [0.25, 0.3) is 0 Å². The summed E-state index contributed by atoms with van der Waals surface area (Å²) >= 11 is 0. The molecule has 0 amide bonds. The van der Waals surface area contributed by atoms with Gasteiger partial charge in [-0.25, -0.2) is 25.1 Å². The molecule has 0 aromatic carbocycles. The molecule has 2 rings (SSSR count). The molecule has 5 N–H and O–H groups in total. The van der Waals surface area contributed by atoms with Crippen molar-refractivity contribution in [3.63, 3.8) is 0 Å². The number of hydrogen-bond donors (Lipinski definition) is 4. The fourth-order valence-electron chi connectivity index (χ4n) is 3.44. The molecule has 0 aliphatic heterocycles. The van der Waals surface area contributed by atoms with E-state index in [1.807, 2.05) is 13.8 Å². The zero-order chi connectivity index (χ0) is 27.3. The molecule has 0 saturated carbocycles. The third kappa shape index (κ3) is 8.22. The summed E-state index contributed by atoms with van der Waals surface area (Å²) in [5.41, 5.74) is 5.52. The van der Waals surface area contributed by atoms with E-state index in [1.165, 1.54) is 6.33 Å². The smallest absolute Gasteiger partial charge is 0.326 e. The van der Waals surface area contributed by atoms with E-state index in [-0.39, 0.29) is 30.6 Å². The largest absolute Gasteiger partial charge is 0.481 e. The van der Waals surface area contributed by atoms with Crippen LogP contribution in [0.4, 0.5) is 5.82 Å². The number of carbonyl (C=O) groups excluding carboxylic acids is 1. The Bertz CT molecular complexity index is 1100. The highest BCUT2D eigenvalue weighted by Crippen LogP contribution is 2.41. The van der Waals surface area contributed by atoms with E-state index in [1.54, 1.807) is 45.5 Å². The second-order valence-electron chi connectivity index (χ2n) is 9.94. The Balaban J connectivity index is 2.22. The number of hydrogen-bond acceptors (Lipinski definition) is 9. The molecule has 202 valence electrons. The van der Waals surface area contributed by atoms with Crippen LogP contribution in [0.15, 0.2) is 12.7 Å². The molecule has 0 spiro atoms. The van der Waals surface area contributed by atoms with Gasteiger partial charge in [0.2, 0.25) is 7.44 Å². The summed E-state index contributed by atoms with van der Waals surface area (Å²) in [6, 6.07) is -0.631. The lowest BCUT2D eigenvalue weighted by molar-refractivity contribution is -0.153. The molecule has 2 aromatic heterocycles. The van der Waals surface area contributed by atoms with Crippen molar-refractivity contribution in [2.24, 2.45) is 5.92 Å². The third-order valence-electron chi connectivity index (χ3n) is 5.31. The van der Waals surface area contributed by atoms with Crippen LogP contribution in [-0.4, -0.2) is 66.7 Å². The van der Waals surface area contributed by atoms with Gasteiger partial charge in [-0.2, -0.15) is 0 Å². The van der Waals surface area contributed by atoms with E-state index in [9.17, 15) is 19.3 Å². The summed E-state index contributed by atoms with van der Waals surface area (Å²) in [5.74, 6) is -1.51. The Morgan fingerprint density at radius 2 is 1.86 bits per heavy atom. The van der Waals surface area contributed by atoms with Crippen molar-refractivity contribution in [1.29, 1.82) is 0 Å². The number of carboxylic acids is 1. The maximum absolute atomic E-state index is 14.1. The molecule has 0 aliphatic rings. The second kappa shape index (κ2) is 12.1. The van der Waals surface area contributed by atoms with Gasteiger partial charge in [0, 0.05) is 6.04 Å². The van der Waals surface area contributed by atoms with Gasteiger partial charge in [-0.15, -0.1) is 0 Å². The van der Waals surface area contributed by atoms with Crippen molar-refractivity contribution in [3.05, 3.63) is 12.7 Å². The van der Waals surface area contributed by atoms with E-state index in [4.69, 9.17) is 15.2 Å². The van der Waals surface area contributed by atoms with Crippen molar-refractivity contribution in [2.45, 2.75) is 85.2 Å². The molecule has 2 heterocycles. The molecule has 0 saturated heterocycles. The monoisotopic (exact) mass is 527 g/mol. The minimum absolute atomic E-state index is 0.151. The molecule has 0 aliphatic carbocycles. The zero-order valence-corrected chi connectivity index (χ0v) is 22.8. The number of imidazole rings is 1. The van der Waals surface area contributed by atoms with Crippen molar-refractivity contribution >= 4 is 36.4 Å². The number of rotatable bonds is 14. The number of carbonyl (C=O) groups is 2. The number of fused-ring (bicyclic) bond motifs is 1. The molecule has 0 bridgehead atoms. The predicted octanol–water partition coefficient (Wildman–Crippen LogP) is 2.37. The zero-order valence-electron chi connectivity index (χ0n) is 21.9. The second-order valence-corrected chi connectivity index (χ2v) is 12.2. The minimum Gasteiger partial charge on any atom is -0.481 e. The molecular formula is C22H38N7O6P. The Kier molecular flexibility index (Phi) is 9.95. The first kappa shape index (κ1) is 29.6. The van der Waals surface area contributed by atoms with Gasteiger partial charge < -0.3 is 24.9 Å². The number of nitrogens with zero attached hydrogens (tertiary/aromatic N) is 4. The summed E-state index contributed by atoms with van der Waals surface area (Å²) < 4.78 is 27.1. The first-order valence-corrected chi connectivity index (χ1v) is 13.6. The number of nitrogen functional groups attached to an aromatic ring is 1. The van der Waals surface area contributed by atoms with E-state index in [2.05, 4.69) is 25.1 Å². The van der Waals surface area contributed by atoms with Gasteiger partial charge in [-0.3, -0.25) is 14.2 Å². The summed E-state index contributed by atoms with van der Waals surface area (Å²) in [7, 11) is -3.66. The molecular weight excluding hydrogens is 489 g/mol. The van der Waals surface area contributed by atoms with Crippen LogP contribution in [-0.2, 0) is 30.2 Å². The molecule has 0 fully saturated rings. The van der Waals surface area contributed by atoms with Gasteiger partial charge in [-0.05, 0) is 40.5 Å². The van der Waals surface area contributed by atoms with Crippen molar-refractivity contribution in [1.82, 2.24) is 29.7 Å². The number of aliphatic carboxylic acids is 1. The van der Waals surface area contributed by atoms with Gasteiger partial charge >= 0.3 is 11.9 Å². The van der Waals surface area contributed by atoms with Crippen molar-refractivity contribution in [2.75, 3.05) is 12.1 Å². The number of ether oxygens (including phenoxy) is 2. The summed E-state index contributed by atoms with van der Waals surface area (Å²) in [6.07, 6.45) is 1.55. The highest BCUT2D eigenvalue weighted by Gasteiger charge is 2.39. The lowest BCUT2D eigenvalue weighted by Crippen LogP contribution is -2.51. The van der Waals surface area contributed by atoms with Gasteiger partial charge in [0.15, 0.2) is 11.5 Å². The van der Waals surface area contributed by atoms with Crippen LogP contribution in [0, 0.1) is 5.92 Å². The molecule has 0 radical (unpaired) electrons. The van der Waals surface area contributed by atoms with Crippen LogP contribution in [0.3, 0.4) is 0 Å². The molecule has 13 nitrogen and oxygen atoms in total. The summed E-state index contributed by atoms with van der Waals surface area (Å²) in [6.45, 7) is 12.3. The van der Waals surface area contributed by atoms with E-state index < -0.39 is 37.1 Å². The lowest BCUT2D eigenvalue weighted by Gasteiger charge is -2.34. The quantitative estimate of drug-likeness (QED) is 0.208. The third-order valence-corrected chi connectivity index (χ3v) is 7.49. The molecule has 3 atom stereocenters. The fourth-order valence-corrected chi connectivity index (χ4v) is 6.03. The van der Waals surface area contributed by atoms with Crippen LogP contribution in [0.5, 0.6) is 0 Å². The number of nitrogens with two attached hydrogens (primary N) is 1. The lowest BCUT2D eigenvalue weighted by atomic mass is 10.0. The summed E-state index contributed by atoms with van der Waals surface area (Å²) in [4.78, 5) is 36.4. The fraction of sp³-hybridized carbons (Fsp3) is 0.682. The van der Waals surface area contributed by atoms with E-state index >= 15 is 0 Å². The highest BCUT2D eigenvalue weighted by atomic mass is 31.2. The topological polar surface area (TPSA) is 184 Å². The maximum Gasteiger partial charge on any atom is 0.326 e. The first-order chi connectivity index (χ1) is 16.6. The maximum atomic E-state index is 14.1. The first-order valence-electron chi connectivity index (χ1n) is 11.8. The van der Waals surface area contributed by atoms with Gasteiger partial charge in [-0.1, -0.05) is 13.8 Å². The molecule has 14 heteroatoms. The van der Waals surface area contributed by atoms with E-state index in [0.717, 1.165) is 0 Å². The van der Waals surface area contributed by atoms with Crippen LogP contribution in [0.2, 0.25) is 0 Å². The Morgan fingerprint density at radius 3 is 2.44 bits per heavy atom. The molecule has 1 unspecified atom stereocenters. The highest BCUT2D eigenvalue weighted by molar-refractivity contribution is 7.59.